The molecule has 20 heavy (non-hydrogen) atoms. The van der Waals surface area contributed by atoms with E-state index in [9.17, 15) is 8.42 Å². The van der Waals surface area contributed by atoms with Gasteiger partial charge in [0.05, 0.1) is 5.69 Å². The molecule has 1 aromatic carbocycles. The SMILES string of the molecule is Cc1nn(C)c(Cl)c1S(=O)(=O)NCc1ccc(Br)cc1. The normalized spacial score (nSPS) is 11.8. The van der Waals surface area contributed by atoms with Gasteiger partial charge in [-0.3, -0.25) is 4.68 Å². The van der Waals surface area contributed by atoms with E-state index in [4.69, 9.17) is 11.6 Å². The van der Waals surface area contributed by atoms with E-state index in [1.165, 1.54) is 4.68 Å². The number of aromatic nitrogens is 2. The number of benzene rings is 1. The van der Waals surface area contributed by atoms with Crippen LogP contribution >= 0.6 is 27.5 Å². The fraction of sp³-hybridized carbons (Fsp3) is 0.250. The first kappa shape index (κ1) is 15.5. The van der Waals surface area contributed by atoms with E-state index in [1.807, 2.05) is 24.3 Å². The van der Waals surface area contributed by atoms with E-state index in [2.05, 4.69) is 25.8 Å². The Kier molecular flexibility index (Phi) is 4.53. The number of rotatable bonds is 4. The third-order valence-electron chi connectivity index (χ3n) is 2.75. The van der Waals surface area contributed by atoms with Crippen molar-refractivity contribution in [2.24, 2.45) is 7.05 Å². The Morgan fingerprint density at radius 3 is 2.45 bits per heavy atom. The third kappa shape index (κ3) is 3.22. The number of nitrogens with zero attached hydrogens (tertiary/aromatic N) is 2. The lowest BCUT2D eigenvalue weighted by Crippen LogP contribution is -2.23. The lowest BCUT2D eigenvalue weighted by atomic mass is 10.2. The fourth-order valence-corrected chi connectivity index (χ4v) is 3.80. The number of nitrogens with one attached hydrogen (secondary N) is 1. The van der Waals surface area contributed by atoms with Crippen LogP contribution < -0.4 is 4.72 Å². The van der Waals surface area contributed by atoms with Crippen molar-refractivity contribution in [3.05, 3.63) is 45.1 Å². The molecule has 5 nitrogen and oxygen atoms in total. The second-order valence-electron chi connectivity index (χ2n) is 4.28. The predicted octanol–water partition coefficient (Wildman–Crippen LogP) is 2.62. The molecule has 0 fully saturated rings. The summed E-state index contributed by atoms with van der Waals surface area (Å²) in [5, 5.41) is 4.11. The van der Waals surface area contributed by atoms with Gasteiger partial charge in [0.15, 0.2) is 0 Å². The lowest BCUT2D eigenvalue weighted by molar-refractivity contribution is 0.580. The third-order valence-corrected chi connectivity index (χ3v) is 5.37. The molecule has 2 aromatic rings. The molecule has 0 unspecified atom stereocenters. The summed E-state index contributed by atoms with van der Waals surface area (Å²) in [4.78, 5) is 0.0266. The number of aryl methyl sites for hydroxylation is 2. The van der Waals surface area contributed by atoms with Crippen LogP contribution in [0.3, 0.4) is 0 Å². The van der Waals surface area contributed by atoms with Crippen LogP contribution in [0.2, 0.25) is 5.15 Å². The highest BCUT2D eigenvalue weighted by molar-refractivity contribution is 9.10. The minimum Gasteiger partial charge on any atom is -0.255 e. The maximum atomic E-state index is 12.3. The van der Waals surface area contributed by atoms with Crippen LogP contribution in [0.15, 0.2) is 33.6 Å². The molecule has 108 valence electrons. The van der Waals surface area contributed by atoms with Gasteiger partial charge < -0.3 is 0 Å². The van der Waals surface area contributed by atoms with Crippen LogP contribution in [-0.4, -0.2) is 18.2 Å². The van der Waals surface area contributed by atoms with Crippen molar-refractivity contribution in [3.63, 3.8) is 0 Å². The van der Waals surface area contributed by atoms with Crippen LogP contribution in [0.1, 0.15) is 11.3 Å². The van der Waals surface area contributed by atoms with Gasteiger partial charge in [-0.05, 0) is 24.6 Å². The summed E-state index contributed by atoms with van der Waals surface area (Å²) in [7, 11) is -2.09. The van der Waals surface area contributed by atoms with Gasteiger partial charge >= 0.3 is 0 Å². The number of hydrogen-bond acceptors (Lipinski definition) is 3. The van der Waals surface area contributed by atoms with Crippen molar-refractivity contribution in [2.75, 3.05) is 0 Å². The van der Waals surface area contributed by atoms with Crippen LogP contribution in [-0.2, 0) is 23.6 Å². The maximum Gasteiger partial charge on any atom is 0.245 e. The van der Waals surface area contributed by atoms with E-state index >= 15 is 0 Å². The monoisotopic (exact) mass is 377 g/mol. The molecule has 1 aromatic heterocycles. The molecule has 0 aliphatic rings. The Bertz CT molecular complexity index is 726. The molecule has 0 aliphatic carbocycles. The second kappa shape index (κ2) is 5.85. The number of sulfonamides is 1. The van der Waals surface area contributed by atoms with Gasteiger partial charge in [-0.15, -0.1) is 0 Å². The summed E-state index contributed by atoms with van der Waals surface area (Å²) in [5.41, 5.74) is 1.23. The molecule has 2 rings (SSSR count). The zero-order valence-corrected chi connectivity index (χ0v) is 14.1. The van der Waals surface area contributed by atoms with Gasteiger partial charge in [-0.1, -0.05) is 39.7 Å². The van der Waals surface area contributed by atoms with Crippen molar-refractivity contribution < 1.29 is 8.42 Å². The van der Waals surface area contributed by atoms with Crippen LogP contribution in [0, 0.1) is 6.92 Å². The molecule has 0 bridgehead atoms. The Hall–Kier alpha value is -0.890. The Morgan fingerprint density at radius 1 is 1.35 bits per heavy atom. The molecule has 8 heteroatoms. The average Bonchev–Trinajstić information content (AvgIpc) is 2.63. The second-order valence-corrected chi connectivity index (χ2v) is 7.26. The molecule has 0 saturated carbocycles. The molecule has 0 amide bonds. The van der Waals surface area contributed by atoms with Gasteiger partial charge in [0, 0.05) is 18.1 Å². The summed E-state index contributed by atoms with van der Waals surface area (Å²) >= 11 is 9.30. The van der Waals surface area contributed by atoms with E-state index < -0.39 is 10.0 Å². The van der Waals surface area contributed by atoms with Gasteiger partial charge in [0.2, 0.25) is 10.0 Å². The van der Waals surface area contributed by atoms with Gasteiger partial charge in [0.1, 0.15) is 10.0 Å². The number of hydrogen-bond donors (Lipinski definition) is 1. The smallest absolute Gasteiger partial charge is 0.245 e. The van der Waals surface area contributed by atoms with Crippen molar-refractivity contribution in [2.45, 2.75) is 18.4 Å². The van der Waals surface area contributed by atoms with E-state index in [0.717, 1.165) is 10.0 Å². The first-order chi connectivity index (χ1) is 9.31. The van der Waals surface area contributed by atoms with E-state index in [-0.39, 0.29) is 16.6 Å². The molecular weight excluding hydrogens is 366 g/mol. The highest BCUT2D eigenvalue weighted by Crippen LogP contribution is 2.24. The molecule has 1 heterocycles. The van der Waals surface area contributed by atoms with Gasteiger partial charge in [0.25, 0.3) is 0 Å². The standard InChI is InChI=1S/C12H13BrClN3O2S/c1-8-11(12(14)17(2)16-8)20(18,19)15-7-9-3-5-10(13)6-4-9/h3-6,15H,7H2,1-2H3. The summed E-state index contributed by atoms with van der Waals surface area (Å²) < 4.78 is 29.3. The summed E-state index contributed by atoms with van der Waals surface area (Å²) in [6, 6.07) is 7.38. The topological polar surface area (TPSA) is 64.0 Å². The Balaban J connectivity index is 2.21. The fourth-order valence-electron chi connectivity index (χ4n) is 1.77. The largest absolute Gasteiger partial charge is 0.255 e. The highest BCUT2D eigenvalue weighted by atomic mass is 79.9. The van der Waals surface area contributed by atoms with Gasteiger partial charge in [-0.2, -0.15) is 5.10 Å². The van der Waals surface area contributed by atoms with E-state index in [0.29, 0.717) is 5.69 Å². The van der Waals surface area contributed by atoms with Crippen LogP contribution in [0.5, 0.6) is 0 Å². The Morgan fingerprint density at radius 2 is 1.95 bits per heavy atom. The summed E-state index contributed by atoms with van der Waals surface area (Å²) in [6.07, 6.45) is 0. The first-order valence-electron chi connectivity index (χ1n) is 5.74. The molecule has 1 N–H and O–H groups in total. The zero-order valence-electron chi connectivity index (χ0n) is 10.9. The Labute approximate surface area is 131 Å². The highest BCUT2D eigenvalue weighted by Gasteiger charge is 2.24. The minimum atomic E-state index is -3.69. The van der Waals surface area contributed by atoms with Crippen molar-refractivity contribution in [1.82, 2.24) is 14.5 Å². The minimum absolute atomic E-state index is 0.0266. The zero-order chi connectivity index (χ0) is 14.9. The van der Waals surface area contributed by atoms with Crippen LogP contribution in [0.25, 0.3) is 0 Å². The molecule has 0 saturated heterocycles. The molecular formula is C12H13BrClN3O2S. The van der Waals surface area contributed by atoms with E-state index in [1.54, 1.807) is 14.0 Å². The predicted molar refractivity (Wildman–Crippen MR) is 81.1 cm³/mol. The van der Waals surface area contributed by atoms with Crippen molar-refractivity contribution >= 4 is 37.6 Å². The van der Waals surface area contributed by atoms with Crippen LogP contribution in [0.4, 0.5) is 0 Å². The molecule has 0 atom stereocenters. The number of halogens is 2. The first-order valence-corrected chi connectivity index (χ1v) is 8.40. The van der Waals surface area contributed by atoms with Crippen molar-refractivity contribution in [1.29, 1.82) is 0 Å². The molecule has 0 aliphatic heterocycles. The quantitative estimate of drug-likeness (QED) is 0.889. The maximum absolute atomic E-state index is 12.3. The molecule has 0 radical (unpaired) electrons. The molecule has 0 spiro atoms. The summed E-state index contributed by atoms with van der Waals surface area (Å²) in [5.74, 6) is 0. The lowest BCUT2D eigenvalue weighted by Gasteiger charge is -2.06. The summed E-state index contributed by atoms with van der Waals surface area (Å²) in [6.45, 7) is 1.81. The van der Waals surface area contributed by atoms with Gasteiger partial charge in [-0.25, -0.2) is 13.1 Å². The van der Waals surface area contributed by atoms with Crippen molar-refractivity contribution in [3.8, 4) is 0 Å². The average molecular weight is 379 g/mol.